The molecule has 24 heavy (non-hydrogen) atoms. The van der Waals surface area contributed by atoms with Crippen molar-refractivity contribution in [1.29, 1.82) is 0 Å². The van der Waals surface area contributed by atoms with Gasteiger partial charge in [0.1, 0.15) is 5.82 Å². The van der Waals surface area contributed by atoms with E-state index in [1.165, 1.54) is 5.56 Å². The molecule has 1 aliphatic heterocycles. The average molecular weight is 327 g/mol. The lowest BCUT2D eigenvalue weighted by Gasteiger charge is -2.34. The second kappa shape index (κ2) is 7.49. The number of carbonyl (C=O) groups is 1. The molecule has 0 atom stereocenters. The largest absolute Gasteiger partial charge is 0.334 e. The van der Waals surface area contributed by atoms with Crippen molar-refractivity contribution in [2.75, 3.05) is 38.0 Å². The summed E-state index contributed by atoms with van der Waals surface area (Å²) in [5.74, 6) is 1.05. The van der Waals surface area contributed by atoms with Gasteiger partial charge in [-0.2, -0.15) is 0 Å². The zero-order valence-electron chi connectivity index (χ0n) is 14.4. The SMILES string of the molecule is Cc1ccc(NC(=O)N2CCN(CCn3ccnc3C)CC2)cc1. The van der Waals surface area contributed by atoms with Crippen LogP contribution in [0.4, 0.5) is 10.5 Å². The Morgan fingerprint density at radius 1 is 1.08 bits per heavy atom. The van der Waals surface area contributed by atoms with Crippen LogP contribution in [0.1, 0.15) is 11.4 Å². The molecule has 2 heterocycles. The number of benzene rings is 1. The Hall–Kier alpha value is -2.34. The number of hydrogen-bond acceptors (Lipinski definition) is 3. The quantitative estimate of drug-likeness (QED) is 0.938. The molecule has 1 saturated heterocycles. The van der Waals surface area contributed by atoms with Crippen molar-refractivity contribution >= 4 is 11.7 Å². The van der Waals surface area contributed by atoms with E-state index in [4.69, 9.17) is 0 Å². The third-order valence-electron chi connectivity index (χ3n) is 4.54. The maximum absolute atomic E-state index is 12.3. The van der Waals surface area contributed by atoms with Crippen molar-refractivity contribution in [2.45, 2.75) is 20.4 Å². The Labute approximate surface area is 143 Å². The number of urea groups is 1. The normalized spacial score (nSPS) is 15.5. The molecule has 2 aromatic rings. The number of aromatic nitrogens is 2. The molecule has 0 aliphatic carbocycles. The van der Waals surface area contributed by atoms with E-state index in [-0.39, 0.29) is 6.03 Å². The van der Waals surface area contributed by atoms with E-state index in [1.54, 1.807) is 0 Å². The Morgan fingerprint density at radius 3 is 2.42 bits per heavy atom. The standard InChI is InChI=1S/C18H25N5O/c1-15-3-5-17(6-4-15)20-18(24)23-13-10-21(11-14-23)9-12-22-8-7-19-16(22)2/h3-8H,9-14H2,1-2H3,(H,20,24). The lowest BCUT2D eigenvalue weighted by Crippen LogP contribution is -2.50. The van der Waals surface area contributed by atoms with E-state index < -0.39 is 0 Å². The Balaban J connectivity index is 1.43. The van der Waals surface area contributed by atoms with Gasteiger partial charge in [0.2, 0.25) is 0 Å². The molecule has 0 unspecified atom stereocenters. The molecule has 6 nitrogen and oxygen atoms in total. The Bertz CT molecular complexity index is 671. The number of piperazine rings is 1. The number of aryl methyl sites for hydroxylation is 2. The molecule has 1 N–H and O–H groups in total. The van der Waals surface area contributed by atoms with Gasteiger partial charge in [-0.05, 0) is 26.0 Å². The van der Waals surface area contributed by atoms with Crippen LogP contribution >= 0.6 is 0 Å². The Kier molecular flexibility index (Phi) is 5.15. The summed E-state index contributed by atoms with van der Waals surface area (Å²) in [6.07, 6.45) is 3.85. The van der Waals surface area contributed by atoms with Crippen molar-refractivity contribution in [3.8, 4) is 0 Å². The molecule has 0 radical (unpaired) electrons. The molecule has 2 amide bonds. The second-order valence-electron chi connectivity index (χ2n) is 6.29. The van der Waals surface area contributed by atoms with E-state index in [9.17, 15) is 4.79 Å². The van der Waals surface area contributed by atoms with Crippen LogP contribution in [0.2, 0.25) is 0 Å². The minimum absolute atomic E-state index is 0.0102. The molecular formula is C18H25N5O. The fourth-order valence-electron chi connectivity index (χ4n) is 2.90. The van der Waals surface area contributed by atoms with E-state index >= 15 is 0 Å². The smallest absolute Gasteiger partial charge is 0.321 e. The van der Waals surface area contributed by atoms with Gasteiger partial charge in [-0.25, -0.2) is 9.78 Å². The number of hydrogen-bond donors (Lipinski definition) is 1. The van der Waals surface area contributed by atoms with E-state index in [2.05, 4.69) is 19.8 Å². The second-order valence-corrected chi connectivity index (χ2v) is 6.29. The molecular weight excluding hydrogens is 302 g/mol. The summed E-state index contributed by atoms with van der Waals surface area (Å²) in [5, 5.41) is 2.97. The first-order chi connectivity index (χ1) is 11.6. The van der Waals surface area contributed by atoms with Crippen molar-refractivity contribution in [3.63, 3.8) is 0 Å². The fraction of sp³-hybridized carbons (Fsp3) is 0.444. The van der Waals surface area contributed by atoms with Gasteiger partial charge >= 0.3 is 6.03 Å². The van der Waals surface area contributed by atoms with Gasteiger partial charge in [0.25, 0.3) is 0 Å². The molecule has 1 aliphatic rings. The highest BCUT2D eigenvalue weighted by Gasteiger charge is 2.20. The van der Waals surface area contributed by atoms with Crippen LogP contribution in [-0.4, -0.2) is 58.1 Å². The minimum Gasteiger partial charge on any atom is -0.334 e. The topological polar surface area (TPSA) is 53.4 Å². The summed E-state index contributed by atoms with van der Waals surface area (Å²) >= 11 is 0. The fourth-order valence-corrected chi connectivity index (χ4v) is 2.90. The van der Waals surface area contributed by atoms with E-state index in [0.29, 0.717) is 0 Å². The molecule has 1 aromatic heterocycles. The number of imidazole rings is 1. The molecule has 1 aromatic carbocycles. The Morgan fingerprint density at radius 2 is 1.79 bits per heavy atom. The van der Waals surface area contributed by atoms with Gasteiger partial charge in [-0.1, -0.05) is 17.7 Å². The van der Waals surface area contributed by atoms with Crippen LogP contribution in [0.3, 0.4) is 0 Å². The zero-order chi connectivity index (χ0) is 16.9. The summed E-state index contributed by atoms with van der Waals surface area (Å²) in [5.41, 5.74) is 2.04. The van der Waals surface area contributed by atoms with Gasteiger partial charge in [-0.15, -0.1) is 0 Å². The summed E-state index contributed by atoms with van der Waals surface area (Å²) in [7, 11) is 0. The van der Waals surface area contributed by atoms with Crippen LogP contribution in [0.15, 0.2) is 36.7 Å². The summed E-state index contributed by atoms with van der Waals surface area (Å²) in [6, 6.07) is 7.88. The summed E-state index contributed by atoms with van der Waals surface area (Å²) < 4.78 is 2.16. The predicted molar refractivity (Wildman–Crippen MR) is 95.2 cm³/mol. The zero-order valence-corrected chi connectivity index (χ0v) is 14.4. The minimum atomic E-state index is -0.0102. The maximum Gasteiger partial charge on any atom is 0.321 e. The van der Waals surface area contributed by atoms with Crippen molar-refractivity contribution < 1.29 is 4.79 Å². The molecule has 0 saturated carbocycles. The molecule has 1 fully saturated rings. The third kappa shape index (κ3) is 4.14. The highest BCUT2D eigenvalue weighted by Crippen LogP contribution is 2.11. The summed E-state index contributed by atoms with van der Waals surface area (Å²) in [6.45, 7) is 9.35. The number of nitrogens with one attached hydrogen (secondary N) is 1. The van der Waals surface area contributed by atoms with Gasteiger partial charge in [-0.3, -0.25) is 4.90 Å². The van der Waals surface area contributed by atoms with Crippen molar-refractivity contribution in [3.05, 3.63) is 48.0 Å². The molecule has 0 spiro atoms. The first kappa shape index (κ1) is 16.5. The van der Waals surface area contributed by atoms with Crippen LogP contribution in [0.5, 0.6) is 0 Å². The predicted octanol–water partition coefficient (Wildman–Crippen LogP) is 2.35. The lowest BCUT2D eigenvalue weighted by molar-refractivity contribution is 0.144. The third-order valence-corrected chi connectivity index (χ3v) is 4.54. The van der Waals surface area contributed by atoms with Crippen molar-refractivity contribution in [1.82, 2.24) is 19.4 Å². The van der Waals surface area contributed by atoms with Gasteiger partial charge < -0.3 is 14.8 Å². The maximum atomic E-state index is 12.3. The van der Waals surface area contributed by atoms with E-state index in [0.717, 1.165) is 50.8 Å². The molecule has 3 rings (SSSR count). The van der Waals surface area contributed by atoms with Crippen LogP contribution in [0.25, 0.3) is 0 Å². The van der Waals surface area contributed by atoms with E-state index in [1.807, 2.05) is 55.4 Å². The first-order valence-corrected chi connectivity index (χ1v) is 8.44. The summed E-state index contributed by atoms with van der Waals surface area (Å²) in [4.78, 5) is 20.9. The van der Waals surface area contributed by atoms with Gasteiger partial charge in [0, 0.05) is 57.3 Å². The number of amides is 2. The number of carbonyl (C=O) groups excluding carboxylic acids is 1. The van der Waals surface area contributed by atoms with Crippen molar-refractivity contribution in [2.24, 2.45) is 0 Å². The van der Waals surface area contributed by atoms with Gasteiger partial charge in [0.05, 0.1) is 0 Å². The molecule has 128 valence electrons. The highest BCUT2D eigenvalue weighted by molar-refractivity contribution is 5.89. The number of rotatable bonds is 4. The number of nitrogens with zero attached hydrogens (tertiary/aromatic N) is 4. The number of anilines is 1. The van der Waals surface area contributed by atoms with Crippen LogP contribution in [0, 0.1) is 13.8 Å². The first-order valence-electron chi connectivity index (χ1n) is 8.44. The average Bonchev–Trinajstić information content (AvgIpc) is 3.00. The molecule has 6 heteroatoms. The molecule has 0 bridgehead atoms. The van der Waals surface area contributed by atoms with Crippen LogP contribution in [-0.2, 0) is 6.54 Å². The van der Waals surface area contributed by atoms with Crippen LogP contribution < -0.4 is 5.32 Å². The highest BCUT2D eigenvalue weighted by atomic mass is 16.2. The van der Waals surface area contributed by atoms with Gasteiger partial charge in [0.15, 0.2) is 0 Å². The lowest BCUT2D eigenvalue weighted by atomic mass is 10.2. The monoisotopic (exact) mass is 327 g/mol.